The monoisotopic (exact) mass is 455 g/mol. The van der Waals surface area contributed by atoms with E-state index >= 15 is 0 Å². The topological polar surface area (TPSA) is 97.2 Å². The van der Waals surface area contributed by atoms with Crippen molar-refractivity contribution in [2.45, 2.75) is 63.6 Å². The van der Waals surface area contributed by atoms with E-state index in [1.54, 1.807) is 22.9 Å². The zero-order valence-electron chi connectivity index (χ0n) is 18.5. The summed E-state index contributed by atoms with van der Waals surface area (Å²) in [5, 5.41) is 11.2. The lowest BCUT2D eigenvalue weighted by molar-refractivity contribution is -0.125. The van der Waals surface area contributed by atoms with Crippen molar-refractivity contribution in [2.75, 3.05) is 6.54 Å². The molecule has 0 radical (unpaired) electrons. The number of sulfonamides is 1. The Kier molecular flexibility index (Phi) is 6.57. The second-order valence-electron chi connectivity index (χ2n) is 8.30. The molecule has 0 spiro atoms. The van der Waals surface area contributed by atoms with Gasteiger partial charge in [0.2, 0.25) is 15.9 Å². The van der Waals surface area contributed by atoms with Crippen molar-refractivity contribution in [1.29, 1.82) is 0 Å². The third-order valence-corrected chi connectivity index (χ3v) is 7.74. The average Bonchev–Trinajstić information content (AvgIpc) is 3.20. The van der Waals surface area contributed by atoms with E-state index in [4.69, 9.17) is 0 Å². The Bertz CT molecular complexity index is 1220. The highest BCUT2D eigenvalue weighted by molar-refractivity contribution is 7.89. The molecule has 1 amide bonds. The van der Waals surface area contributed by atoms with Crippen LogP contribution in [0.3, 0.4) is 0 Å². The molecule has 0 unspecified atom stereocenters. The van der Waals surface area contributed by atoms with Crippen molar-refractivity contribution in [3.63, 3.8) is 0 Å². The third kappa shape index (κ3) is 4.54. The van der Waals surface area contributed by atoms with E-state index in [-0.39, 0.29) is 10.8 Å². The van der Waals surface area contributed by atoms with Crippen molar-refractivity contribution in [3.05, 3.63) is 53.6 Å². The zero-order valence-corrected chi connectivity index (χ0v) is 19.3. The summed E-state index contributed by atoms with van der Waals surface area (Å²) in [4.78, 5) is 13.1. The van der Waals surface area contributed by atoms with Gasteiger partial charge >= 0.3 is 0 Å². The van der Waals surface area contributed by atoms with Gasteiger partial charge in [-0.1, -0.05) is 48.4 Å². The molecule has 0 saturated carbocycles. The molecule has 1 fully saturated rings. The maximum Gasteiger partial charge on any atom is 0.243 e. The van der Waals surface area contributed by atoms with Crippen LogP contribution in [0.15, 0.2) is 47.4 Å². The highest BCUT2D eigenvalue weighted by Crippen LogP contribution is 2.27. The Labute approximate surface area is 188 Å². The minimum absolute atomic E-state index is 0.145. The minimum Gasteiger partial charge on any atom is -0.351 e. The molecular formula is C23H29N5O3S. The van der Waals surface area contributed by atoms with Crippen molar-refractivity contribution in [3.8, 4) is 0 Å². The SMILES string of the molecule is CCCn1nnc2cc(S(=O)(=O)N3CCCC[C@H]3C(=O)NCc3cccc(C)c3)ccc21. The van der Waals surface area contributed by atoms with Crippen LogP contribution in [0.4, 0.5) is 0 Å². The molecule has 170 valence electrons. The lowest BCUT2D eigenvalue weighted by Crippen LogP contribution is -2.51. The largest absolute Gasteiger partial charge is 0.351 e. The van der Waals surface area contributed by atoms with E-state index in [0.29, 0.717) is 25.0 Å². The predicted molar refractivity (Wildman–Crippen MR) is 122 cm³/mol. The summed E-state index contributed by atoms with van der Waals surface area (Å²) in [7, 11) is -3.84. The molecule has 1 atom stereocenters. The maximum atomic E-state index is 13.5. The summed E-state index contributed by atoms with van der Waals surface area (Å²) < 4.78 is 30.1. The Morgan fingerprint density at radius 3 is 2.81 bits per heavy atom. The Balaban J connectivity index is 1.55. The average molecular weight is 456 g/mol. The first-order valence-corrected chi connectivity index (χ1v) is 12.5. The summed E-state index contributed by atoms with van der Waals surface area (Å²) in [6, 6.07) is 12.1. The maximum absolute atomic E-state index is 13.5. The van der Waals surface area contributed by atoms with Gasteiger partial charge in [0.25, 0.3) is 0 Å². The van der Waals surface area contributed by atoms with E-state index in [9.17, 15) is 13.2 Å². The van der Waals surface area contributed by atoms with Crippen LogP contribution >= 0.6 is 0 Å². The lowest BCUT2D eigenvalue weighted by Gasteiger charge is -2.33. The fourth-order valence-electron chi connectivity index (χ4n) is 4.21. The number of hydrogen-bond donors (Lipinski definition) is 1. The van der Waals surface area contributed by atoms with Crippen molar-refractivity contribution in [1.82, 2.24) is 24.6 Å². The van der Waals surface area contributed by atoms with Gasteiger partial charge in [-0.05, 0) is 49.9 Å². The number of hydrogen-bond acceptors (Lipinski definition) is 5. The molecule has 1 aromatic heterocycles. The highest BCUT2D eigenvalue weighted by atomic mass is 32.2. The Hall–Kier alpha value is -2.78. The van der Waals surface area contributed by atoms with Gasteiger partial charge in [-0.25, -0.2) is 13.1 Å². The molecule has 1 aliphatic rings. The Morgan fingerprint density at radius 2 is 2.03 bits per heavy atom. The standard InChI is InChI=1S/C23H29N5O3S/c1-3-12-27-21-11-10-19(15-20(21)25-26-27)32(30,31)28-13-5-4-9-22(28)23(29)24-16-18-8-6-7-17(2)14-18/h6-8,10-11,14-15,22H,3-5,9,12-13,16H2,1-2H3,(H,24,29)/t22-/m0/s1. The summed E-state index contributed by atoms with van der Waals surface area (Å²) in [5.74, 6) is -0.259. The van der Waals surface area contributed by atoms with E-state index in [2.05, 4.69) is 15.6 Å². The molecule has 1 N–H and O–H groups in total. The number of carbonyl (C=O) groups excluding carboxylic acids is 1. The minimum atomic E-state index is -3.84. The van der Waals surface area contributed by atoms with Crippen LogP contribution in [0.25, 0.3) is 11.0 Å². The van der Waals surface area contributed by atoms with Gasteiger partial charge in [0.1, 0.15) is 11.6 Å². The molecule has 9 heteroatoms. The van der Waals surface area contributed by atoms with E-state index in [1.165, 1.54) is 4.31 Å². The third-order valence-electron chi connectivity index (χ3n) is 5.83. The number of nitrogens with zero attached hydrogens (tertiary/aromatic N) is 4. The predicted octanol–water partition coefficient (Wildman–Crippen LogP) is 3.01. The number of nitrogens with one attached hydrogen (secondary N) is 1. The highest BCUT2D eigenvalue weighted by Gasteiger charge is 2.37. The molecule has 0 bridgehead atoms. The molecule has 1 saturated heterocycles. The summed E-state index contributed by atoms with van der Waals surface area (Å²) in [6.45, 7) is 5.46. The fraction of sp³-hybridized carbons (Fsp3) is 0.435. The number of carbonyl (C=O) groups is 1. The number of fused-ring (bicyclic) bond motifs is 1. The smallest absolute Gasteiger partial charge is 0.243 e. The van der Waals surface area contributed by atoms with Gasteiger partial charge in [0.05, 0.1) is 10.4 Å². The van der Waals surface area contributed by atoms with E-state index in [0.717, 1.165) is 42.5 Å². The number of piperidine rings is 1. The van der Waals surface area contributed by atoms with Crippen LogP contribution in [0, 0.1) is 6.92 Å². The van der Waals surface area contributed by atoms with Crippen LogP contribution in [0.5, 0.6) is 0 Å². The molecule has 32 heavy (non-hydrogen) atoms. The van der Waals surface area contributed by atoms with Gasteiger partial charge < -0.3 is 5.32 Å². The number of rotatable bonds is 7. The van der Waals surface area contributed by atoms with Crippen LogP contribution in [0.2, 0.25) is 0 Å². The van der Waals surface area contributed by atoms with Crippen molar-refractivity contribution >= 4 is 27.0 Å². The van der Waals surface area contributed by atoms with Crippen molar-refractivity contribution < 1.29 is 13.2 Å². The number of aromatic nitrogens is 3. The summed E-state index contributed by atoms with van der Waals surface area (Å²) in [6.07, 6.45) is 2.97. The molecular weight excluding hydrogens is 426 g/mol. The van der Waals surface area contributed by atoms with Gasteiger partial charge in [-0.3, -0.25) is 4.79 Å². The van der Waals surface area contributed by atoms with E-state index in [1.807, 2.05) is 38.1 Å². The lowest BCUT2D eigenvalue weighted by atomic mass is 10.0. The first-order valence-electron chi connectivity index (χ1n) is 11.1. The van der Waals surface area contributed by atoms with Crippen LogP contribution in [0.1, 0.15) is 43.7 Å². The van der Waals surface area contributed by atoms with Gasteiger partial charge in [-0.15, -0.1) is 5.10 Å². The van der Waals surface area contributed by atoms with Crippen LogP contribution in [-0.2, 0) is 27.9 Å². The van der Waals surface area contributed by atoms with E-state index < -0.39 is 16.1 Å². The number of amides is 1. The van der Waals surface area contributed by atoms with Crippen molar-refractivity contribution in [2.24, 2.45) is 0 Å². The first kappa shape index (κ1) is 22.4. The van der Waals surface area contributed by atoms with Gasteiger partial charge in [0, 0.05) is 19.6 Å². The Morgan fingerprint density at radius 1 is 1.19 bits per heavy atom. The normalized spacial score (nSPS) is 17.5. The zero-order chi connectivity index (χ0) is 22.7. The molecule has 3 aromatic rings. The quantitative estimate of drug-likeness (QED) is 0.591. The summed E-state index contributed by atoms with van der Waals surface area (Å²) in [5.41, 5.74) is 3.45. The molecule has 2 aromatic carbocycles. The fourth-order valence-corrected chi connectivity index (χ4v) is 5.89. The summed E-state index contributed by atoms with van der Waals surface area (Å²) >= 11 is 0. The molecule has 4 rings (SSSR count). The second-order valence-corrected chi connectivity index (χ2v) is 10.2. The van der Waals surface area contributed by atoms with Gasteiger partial charge in [0.15, 0.2) is 0 Å². The van der Waals surface area contributed by atoms with Crippen LogP contribution < -0.4 is 5.32 Å². The molecule has 1 aliphatic heterocycles. The number of aryl methyl sites for hydroxylation is 2. The van der Waals surface area contributed by atoms with Gasteiger partial charge in [-0.2, -0.15) is 4.31 Å². The molecule has 8 nitrogen and oxygen atoms in total. The molecule has 0 aliphatic carbocycles. The van der Waals surface area contributed by atoms with Crippen LogP contribution in [-0.4, -0.2) is 46.2 Å². The number of benzene rings is 2. The molecule has 2 heterocycles. The second kappa shape index (κ2) is 9.38. The first-order chi connectivity index (χ1) is 15.4.